The second-order valence-corrected chi connectivity index (χ2v) is 9.06. The van der Waals surface area contributed by atoms with E-state index in [9.17, 15) is 8.42 Å². The SMILES string of the molecule is Cc1cc(Cl)ccc1Nc1scc(-c2ccc(NS(C)(=O)=O)cc2)[n+]1C. The van der Waals surface area contributed by atoms with Crippen molar-refractivity contribution >= 4 is 49.5 Å². The summed E-state index contributed by atoms with van der Waals surface area (Å²) in [5, 5.41) is 7.20. The third kappa shape index (κ3) is 4.35. The van der Waals surface area contributed by atoms with Crippen molar-refractivity contribution in [3.8, 4) is 11.3 Å². The van der Waals surface area contributed by atoms with Crippen LogP contribution in [0, 0.1) is 6.92 Å². The minimum absolute atomic E-state index is 0.546. The minimum atomic E-state index is -3.27. The molecule has 0 saturated carbocycles. The standard InChI is InChI=1S/C18H18ClN3O2S2/c1-12-10-14(19)6-9-16(12)20-18-22(2)17(11-25-18)13-4-7-15(8-5-13)21-26(3,23)24/h4-11,21H,1-3H3/p+1. The fraction of sp³-hybridized carbons (Fsp3) is 0.167. The Morgan fingerprint density at radius 2 is 1.81 bits per heavy atom. The molecule has 26 heavy (non-hydrogen) atoms. The Kier molecular flexibility index (Phi) is 5.22. The first-order valence-corrected chi connectivity index (χ1v) is 11.0. The lowest BCUT2D eigenvalue weighted by molar-refractivity contribution is -0.641. The normalized spacial score (nSPS) is 11.4. The van der Waals surface area contributed by atoms with Gasteiger partial charge in [0, 0.05) is 21.7 Å². The van der Waals surface area contributed by atoms with E-state index in [2.05, 4.69) is 20.0 Å². The molecule has 0 saturated heterocycles. The summed E-state index contributed by atoms with van der Waals surface area (Å²) in [6, 6.07) is 13.0. The van der Waals surface area contributed by atoms with Crippen molar-refractivity contribution in [3.63, 3.8) is 0 Å². The summed E-state index contributed by atoms with van der Waals surface area (Å²) in [5.74, 6) is 0. The average Bonchev–Trinajstić information content (AvgIpc) is 2.90. The number of sulfonamides is 1. The molecule has 5 nitrogen and oxygen atoms in total. The van der Waals surface area contributed by atoms with Crippen LogP contribution in [-0.4, -0.2) is 14.7 Å². The summed E-state index contributed by atoms with van der Waals surface area (Å²) < 4.78 is 27.1. The third-order valence-electron chi connectivity index (χ3n) is 3.86. The van der Waals surface area contributed by atoms with Gasteiger partial charge in [-0.2, -0.15) is 0 Å². The van der Waals surface area contributed by atoms with E-state index in [1.54, 1.807) is 23.5 Å². The predicted molar refractivity (Wildman–Crippen MR) is 109 cm³/mol. The summed E-state index contributed by atoms with van der Waals surface area (Å²) in [7, 11) is -1.28. The van der Waals surface area contributed by atoms with E-state index in [1.165, 1.54) is 0 Å². The van der Waals surface area contributed by atoms with Gasteiger partial charge in [0.1, 0.15) is 11.4 Å². The Hall–Kier alpha value is -2.09. The Morgan fingerprint density at radius 3 is 2.42 bits per heavy atom. The summed E-state index contributed by atoms with van der Waals surface area (Å²) in [4.78, 5) is 0. The molecule has 1 heterocycles. The smallest absolute Gasteiger partial charge is 0.284 e. The summed E-state index contributed by atoms with van der Waals surface area (Å²) in [6.45, 7) is 2.01. The molecule has 0 atom stereocenters. The first kappa shape index (κ1) is 18.7. The summed E-state index contributed by atoms with van der Waals surface area (Å²) in [6.07, 6.45) is 1.14. The average molecular weight is 409 g/mol. The monoisotopic (exact) mass is 408 g/mol. The van der Waals surface area contributed by atoms with Gasteiger partial charge >= 0.3 is 5.13 Å². The first-order chi connectivity index (χ1) is 12.2. The number of nitrogens with zero attached hydrogens (tertiary/aromatic N) is 1. The van der Waals surface area contributed by atoms with Crippen LogP contribution in [0.5, 0.6) is 0 Å². The molecule has 3 aromatic rings. The number of hydrogen-bond acceptors (Lipinski definition) is 4. The van der Waals surface area contributed by atoms with Gasteiger partial charge in [0.2, 0.25) is 10.0 Å². The van der Waals surface area contributed by atoms with Crippen LogP contribution in [0.4, 0.5) is 16.5 Å². The molecule has 2 aromatic carbocycles. The van der Waals surface area contributed by atoms with Gasteiger partial charge < -0.3 is 0 Å². The van der Waals surface area contributed by atoms with E-state index < -0.39 is 10.0 Å². The van der Waals surface area contributed by atoms with Crippen molar-refractivity contribution in [1.82, 2.24) is 0 Å². The predicted octanol–water partition coefficient (Wildman–Crippen LogP) is 4.32. The Labute approximate surface area is 162 Å². The molecule has 8 heteroatoms. The maximum Gasteiger partial charge on any atom is 0.339 e. The second-order valence-electron chi connectivity index (χ2n) is 6.02. The first-order valence-electron chi connectivity index (χ1n) is 7.82. The van der Waals surface area contributed by atoms with Gasteiger partial charge in [0.05, 0.1) is 13.3 Å². The zero-order chi connectivity index (χ0) is 18.9. The highest BCUT2D eigenvalue weighted by Gasteiger charge is 2.17. The number of aryl methyl sites for hydroxylation is 1. The minimum Gasteiger partial charge on any atom is -0.284 e. The number of halogens is 1. The lowest BCUT2D eigenvalue weighted by Gasteiger charge is -2.06. The quantitative estimate of drug-likeness (QED) is 0.618. The summed E-state index contributed by atoms with van der Waals surface area (Å²) in [5.41, 5.74) is 4.66. The molecule has 0 amide bonds. The molecule has 0 unspecified atom stereocenters. The third-order valence-corrected chi connectivity index (χ3v) is 5.64. The fourth-order valence-corrected chi connectivity index (χ4v) is 4.29. The summed E-state index contributed by atoms with van der Waals surface area (Å²) >= 11 is 7.62. The van der Waals surface area contributed by atoms with E-state index in [-0.39, 0.29) is 0 Å². The van der Waals surface area contributed by atoms with Gasteiger partial charge in [-0.15, -0.1) is 0 Å². The zero-order valence-electron chi connectivity index (χ0n) is 14.6. The second kappa shape index (κ2) is 7.26. The number of thiazole rings is 1. The molecule has 136 valence electrons. The maximum absolute atomic E-state index is 11.3. The van der Waals surface area contributed by atoms with Crippen molar-refractivity contribution < 1.29 is 13.0 Å². The van der Waals surface area contributed by atoms with E-state index in [4.69, 9.17) is 11.6 Å². The van der Waals surface area contributed by atoms with Crippen LogP contribution in [0.25, 0.3) is 11.3 Å². The fourth-order valence-electron chi connectivity index (χ4n) is 2.56. The lowest BCUT2D eigenvalue weighted by Crippen LogP contribution is -2.31. The van der Waals surface area contributed by atoms with Crippen LogP contribution in [-0.2, 0) is 17.1 Å². The number of anilines is 3. The van der Waals surface area contributed by atoms with Crippen LogP contribution < -0.4 is 14.6 Å². The molecule has 0 aliphatic carbocycles. The Morgan fingerprint density at radius 1 is 1.12 bits per heavy atom. The number of benzene rings is 2. The molecule has 0 fully saturated rings. The van der Waals surface area contributed by atoms with Crippen molar-refractivity contribution in [1.29, 1.82) is 0 Å². The molecule has 0 bridgehead atoms. The Bertz CT molecular complexity index is 1040. The van der Waals surface area contributed by atoms with Gasteiger partial charge in [-0.1, -0.05) is 22.9 Å². The topological polar surface area (TPSA) is 62.1 Å². The van der Waals surface area contributed by atoms with Gasteiger partial charge in [0.25, 0.3) is 0 Å². The van der Waals surface area contributed by atoms with Crippen LogP contribution >= 0.6 is 22.9 Å². The van der Waals surface area contributed by atoms with Crippen molar-refractivity contribution in [2.24, 2.45) is 7.05 Å². The number of rotatable bonds is 5. The molecule has 1 aromatic heterocycles. The molecule has 2 N–H and O–H groups in total. The van der Waals surface area contributed by atoms with Gasteiger partial charge in [-0.25, -0.2) is 18.3 Å². The molecule has 0 aliphatic heterocycles. The molecular weight excluding hydrogens is 390 g/mol. The van der Waals surface area contributed by atoms with Crippen LogP contribution in [0.3, 0.4) is 0 Å². The van der Waals surface area contributed by atoms with Crippen LogP contribution in [0.1, 0.15) is 5.56 Å². The number of nitrogens with one attached hydrogen (secondary N) is 2. The van der Waals surface area contributed by atoms with Crippen molar-refractivity contribution in [3.05, 3.63) is 58.4 Å². The zero-order valence-corrected chi connectivity index (χ0v) is 17.0. The molecule has 0 spiro atoms. The number of aromatic nitrogens is 1. The van der Waals surface area contributed by atoms with E-state index in [0.29, 0.717) is 10.7 Å². The van der Waals surface area contributed by atoms with E-state index in [1.807, 2.05) is 44.3 Å². The van der Waals surface area contributed by atoms with E-state index in [0.717, 1.165) is 33.9 Å². The largest absolute Gasteiger partial charge is 0.339 e. The van der Waals surface area contributed by atoms with Crippen LogP contribution in [0.15, 0.2) is 47.8 Å². The Balaban J connectivity index is 1.84. The molecule has 3 rings (SSSR count). The highest BCUT2D eigenvalue weighted by atomic mass is 35.5. The lowest BCUT2D eigenvalue weighted by atomic mass is 10.1. The van der Waals surface area contributed by atoms with Gasteiger partial charge in [-0.05, 0) is 55.0 Å². The molecular formula is C18H19ClN3O2S2+. The highest BCUT2D eigenvalue weighted by molar-refractivity contribution is 7.92. The van der Waals surface area contributed by atoms with Gasteiger partial charge in [-0.3, -0.25) is 4.72 Å². The maximum atomic E-state index is 11.3. The van der Waals surface area contributed by atoms with Crippen molar-refractivity contribution in [2.45, 2.75) is 6.92 Å². The number of hydrogen-bond donors (Lipinski definition) is 2. The van der Waals surface area contributed by atoms with Crippen LogP contribution in [0.2, 0.25) is 5.02 Å². The highest BCUT2D eigenvalue weighted by Crippen LogP contribution is 2.28. The molecule has 0 radical (unpaired) electrons. The van der Waals surface area contributed by atoms with E-state index >= 15 is 0 Å². The van der Waals surface area contributed by atoms with Gasteiger partial charge in [0.15, 0.2) is 0 Å². The molecule has 0 aliphatic rings. The van der Waals surface area contributed by atoms with Crippen molar-refractivity contribution in [2.75, 3.05) is 16.3 Å².